The van der Waals surface area contributed by atoms with E-state index in [0.717, 1.165) is 21.9 Å². The van der Waals surface area contributed by atoms with Gasteiger partial charge in [0.2, 0.25) is 0 Å². The van der Waals surface area contributed by atoms with Gasteiger partial charge in [-0.3, -0.25) is 9.97 Å². The normalized spacial score (nSPS) is 17.2. The second kappa shape index (κ2) is 11.0. The van der Waals surface area contributed by atoms with E-state index in [1.165, 1.54) is 0 Å². The topological polar surface area (TPSA) is 115 Å². The fourth-order valence-corrected chi connectivity index (χ4v) is 4.25. The van der Waals surface area contributed by atoms with Crippen LogP contribution in [-0.4, -0.2) is 52.7 Å². The summed E-state index contributed by atoms with van der Waals surface area (Å²) < 4.78 is 29.6. The highest BCUT2D eigenvalue weighted by Crippen LogP contribution is 2.36. The molecule has 1 fully saturated rings. The number of hydrogen-bond acceptors (Lipinski definition) is 8. The minimum atomic E-state index is -0.781. The van der Waals surface area contributed by atoms with Crippen LogP contribution in [0.1, 0.15) is 60.5 Å². The van der Waals surface area contributed by atoms with Crippen LogP contribution in [0, 0.1) is 0 Å². The number of aromatic nitrogens is 2. The number of pyridine rings is 2. The molecule has 1 amide bonds. The molecule has 0 radical (unpaired) electrons. The molecule has 3 heterocycles. The monoisotopic (exact) mass is 535 g/mol. The quantitative estimate of drug-likeness (QED) is 0.375. The van der Waals surface area contributed by atoms with Crippen molar-refractivity contribution in [1.82, 2.24) is 9.97 Å². The number of hydrogen-bond donors (Lipinski definition) is 1. The first-order valence-electron chi connectivity index (χ1n) is 13.2. The van der Waals surface area contributed by atoms with Gasteiger partial charge in [0.15, 0.2) is 0 Å². The van der Waals surface area contributed by atoms with Crippen LogP contribution >= 0.6 is 0 Å². The first kappa shape index (κ1) is 28.6. The molecule has 1 saturated heterocycles. The second-order valence-electron chi connectivity index (χ2n) is 11.7. The molecule has 9 nitrogen and oxygen atoms in total. The fraction of sp³-hybridized carbons (Fsp3) is 0.483. The van der Waals surface area contributed by atoms with E-state index in [1.54, 1.807) is 18.6 Å². The zero-order valence-electron chi connectivity index (χ0n) is 23.8. The van der Waals surface area contributed by atoms with Gasteiger partial charge in [0.1, 0.15) is 29.8 Å². The molecule has 10 heteroatoms. The summed E-state index contributed by atoms with van der Waals surface area (Å²) in [6.07, 6.45) is 5.39. The van der Waals surface area contributed by atoms with E-state index in [2.05, 4.69) is 9.97 Å². The van der Waals surface area contributed by atoms with E-state index in [4.69, 9.17) is 29.3 Å². The molecule has 3 aromatic rings. The van der Waals surface area contributed by atoms with Crippen molar-refractivity contribution in [3.63, 3.8) is 0 Å². The Morgan fingerprint density at radius 2 is 1.77 bits per heavy atom. The van der Waals surface area contributed by atoms with Gasteiger partial charge in [-0.05, 0) is 90.5 Å². The first-order chi connectivity index (χ1) is 18.2. The third-order valence-corrected chi connectivity index (χ3v) is 7.19. The molecule has 4 rings (SSSR count). The van der Waals surface area contributed by atoms with Crippen LogP contribution in [0.15, 0.2) is 48.9 Å². The molecule has 2 aromatic heterocycles. The van der Waals surface area contributed by atoms with E-state index in [1.807, 2.05) is 78.8 Å². The molecular weight excluding hydrogens is 497 g/mol. The van der Waals surface area contributed by atoms with Gasteiger partial charge in [-0.25, -0.2) is 4.79 Å². The third-order valence-electron chi connectivity index (χ3n) is 7.19. The number of rotatable bonds is 10. The number of nitrogens with two attached hydrogens (primary N) is 1. The van der Waals surface area contributed by atoms with E-state index >= 15 is 0 Å². The van der Waals surface area contributed by atoms with Crippen molar-refractivity contribution in [2.24, 2.45) is 5.73 Å². The number of fused-ring (bicyclic) bond motifs is 1. The van der Waals surface area contributed by atoms with Gasteiger partial charge in [-0.15, -0.1) is 0 Å². The Balaban J connectivity index is 1.35. The Hall–Kier alpha value is -3.37. The predicted molar refractivity (Wildman–Crippen MR) is 150 cm³/mol. The van der Waals surface area contributed by atoms with Crippen LogP contribution in [0.5, 0.6) is 11.5 Å². The lowest BCUT2D eigenvalue weighted by Crippen LogP contribution is -2.41. The Morgan fingerprint density at radius 3 is 2.46 bits per heavy atom. The highest BCUT2D eigenvalue weighted by atomic mass is 16.7. The smallest absolute Gasteiger partial charge is 0.488 e. The summed E-state index contributed by atoms with van der Waals surface area (Å²) >= 11 is 0. The van der Waals surface area contributed by atoms with E-state index in [-0.39, 0.29) is 6.10 Å². The zero-order valence-corrected chi connectivity index (χ0v) is 23.8. The summed E-state index contributed by atoms with van der Waals surface area (Å²) in [4.78, 5) is 19.9. The zero-order chi connectivity index (χ0) is 28.4. The SMILES string of the molecule is C[C@@H](COc1cncc(CCC(C)(C)OC(N)=O)c1)Oc1cnc2ccc(B3OC(C)(C)C(C)(C)O3)cc2c1. The number of benzene rings is 1. The summed E-state index contributed by atoms with van der Waals surface area (Å²) in [5.74, 6) is 1.29. The van der Waals surface area contributed by atoms with Crippen molar-refractivity contribution in [2.75, 3.05) is 6.61 Å². The summed E-state index contributed by atoms with van der Waals surface area (Å²) in [6, 6.07) is 9.88. The summed E-state index contributed by atoms with van der Waals surface area (Å²) in [7, 11) is -0.442. The van der Waals surface area contributed by atoms with Crippen LogP contribution in [0.25, 0.3) is 10.9 Å². The molecule has 208 valence electrons. The molecule has 0 aliphatic carbocycles. The van der Waals surface area contributed by atoms with Crippen LogP contribution in [0.2, 0.25) is 0 Å². The molecule has 1 aliphatic heterocycles. The molecule has 2 N–H and O–H groups in total. The van der Waals surface area contributed by atoms with Crippen LogP contribution in [-0.2, 0) is 20.5 Å². The molecule has 1 atom stereocenters. The van der Waals surface area contributed by atoms with Crippen molar-refractivity contribution < 1.29 is 28.3 Å². The molecule has 0 unspecified atom stereocenters. The summed E-state index contributed by atoms with van der Waals surface area (Å²) in [5.41, 5.74) is 6.45. The number of primary amides is 1. The largest absolute Gasteiger partial charge is 0.494 e. The lowest BCUT2D eigenvalue weighted by molar-refractivity contribution is 0.00578. The lowest BCUT2D eigenvalue weighted by Gasteiger charge is -2.32. The molecule has 0 bridgehead atoms. The fourth-order valence-electron chi connectivity index (χ4n) is 4.25. The van der Waals surface area contributed by atoms with Crippen molar-refractivity contribution in [1.29, 1.82) is 0 Å². The molecule has 1 aliphatic rings. The highest BCUT2D eigenvalue weighted by molar-refractivity contribution is 6.62. The van der Waals surface area contributed by atoms with Crippen molar-refractivity contribution in [3.05, 3.63) is 54.5 Å². The average molecular weight is 535 g/mol. The number of aryl methyl sites for hydroxylation is 1. The highest BCUT2D eigenvalue weighted by Gasteiger charge is 2.51. The van der Waals surface area contributed by atoms with Gasteiger partial charge in [0, 0.05) is 11.6 Å². The number of amides is 1. The maximum absolute atomic E-state index is 11.1. The van der Waals surface area contributed by atoms with Crippen LogP contribution in [0.3, 0.4) is 0 Å². The minimum Gasteiger partial charge on any atom is -0.488 e. The maximum atomic E-state index is 11.1. The number of carbonyl (C=O) groups is 1. The summed E-state index contributed by atoms with van der Waals surface area (Å²) in [5, 5.41) is 0.938. The molecule has 0 spiro atoms. The van der Waals surface area contributed by atoms with Crippen molar-refractivity contribution >= 4 is 29.6 Å². The predicted octanol–water partition coefficient (Wildman–Crippen LogP) is 4.58. The standard InChI is InChI=1S/C29H38BN3O6/c1-19(18-35-23-12-20(15-32-16-23)10-11-27(2,3)37-26(31)34)36-24-14-21-13-22(8-9-25(21)33-17-24)30-38-28(4,5)29(6,7)39-30/h8-9,12-17,19H,10-11,18H2,1-7H3,(H2,31,34)/t19-/m0/s1. The van der Waals surface area contributed by atoms with Crippen LogP contribution < -0.4 is 20.7 Å². The van der Waals surface area contributed by atoms with E-state index in [9.17, 15) is 4.79 Å². The first-order valence-corrected chi connectivity index (χ1v) is 13.2. The van der Waals surface area contributed by atoms with Gasteiger partial charge in [0.25, 0.3) is 0 Å². The third kappa shape index (κ3) is 7.19. The number of carbonyl (C=O) groups excluding carboxylic acids is 1. The summed E-state index contributed by atoms with van der Waals surface area (Å²) in [6.45, 7) is 14.1. The Bertz CT molecular complexity index is 1310. The van der Waals surface area contributed by atoms with Gasteiger partial charge in [-0.1, -0.05) is 12.1 Å². The molecule has 0 saturated carbocycles. The van der Waals surface area contributed by atoms with Gasteiger partial charge >= 0.3 is 13.2 Å². The lowest BCUT2D eigenvalue weighted by atomic mass is 9.78. The van der Waals surface area contributed by atoms with Crippen LogP contribution in [0.4, 0.5) is 4.79 Å². The Morgan fingerprint density at radius 1 is 1.05 bits per heavy atom. The van der Waals surface area contributed by atoms with Crippen molar-refractivity contribution in [3.8, 4) is 11.5 Å². The van der Waals surface area contributed by atoms with Gasteiger partial charge < -0.3 is 29.3 Å². The maximum Gasteiger partial charge on any atom is 0.494 e. The van der Waals surface area contributed by atoms with E-state index in [0.29, 0.717) is 30.9 Å². The molecule has 39 heavy (non-hydrogen) atoms. The average Bonchev–Trinajstić information content (AvgIpc) is 3.07. The minimum absolute atomic E-state index is 0.234. The van der Waals surface area contributed by atoms with Gasteiger partial charge in [-0.2, -0.15) is 0 Å². The number of ether oxygens (including phenoxy) is 3. The van der Waals surface area contributed by atoms with Crippen molar-refractivity contribution in [2.45, 2.75) is 84.2 Å². The molecule has 1 aromatic carbocycles. The Labute approximate surface area is 230 Å². The number of nitrogens with zero attached hydrogens (tertiary/aromatic N) is 2. The Kier molecular flexibility index (Phi) is 8.09. The van der Waals surface area contributed by atoms with Gasteiger partial charge in [0.05, 0.1) is 29.1 Å². The molecular formula is C29H38BN3O6. The van der Waals surface area contributed by atoms with E-state index < -0.39 is 30.0 Å². The second-order valence-corrected chi connectivity index (χ2v) is 11.7.